The molecular formula is C14H11F4NO4. The average Bonchev–Trinajstić information content (AvgIpc) is 2.81. The van der Waals surface area contributed by atoms with Gasteiger partial charge in [-0.05, 0) is 13.8 Å². The van der Waals surface area contributed by atoms with E-state index in [0.717, 1.165) is 0 Å². The van der Waals surface area contributed by atoms with E-state index in [2.05, 4.69) is 0 Å². The first kappa shape index (κ1) is 16.9. The molecule has 124 valence electrons. The van der Waals surface area contributed by atoms with Crippen molar-refractivity contribution in [3.63, 3.8) is 0 Å². The first-order chi connectivity index (χ1) is 10.8. The lowest BCUT2D eigenvalue weighted by Crippen LogP contribution is -2.23. The Morgan fingerprint density at radius 2 is 1.65 bits per heavy atom. The normalized spacial score (nSPS) is 15.5. The van der Waals surface area contributed by atoms with Crippen molar-refractivity contribution in [3.8, 4) is 5.75 Å². The van der Waals surface area contributed by atoms with Crippen LogP contribution in [0.15, 0.2) is 6.08 Å². The van der Waals surface area contributed by atoms with Crippen LogP contribution in [-0.2, 0) is 14.3 Å². The zero-order chi connectivity index (χ0) is 17.3. The smallest absolute Gasteiger partial charge is 0.259 e. The van der Waals surface area contributed by atoms with Gasteiger partial charge in [-0.2, -0.15) is 8.78 Å². The van der Waals surface area contributed by atoms with Gasteiger partial charge < -0.3 is 9.47 Å². The second kappa shape index (κ2) is 6.37. The van der Waals surface area contributed by atoms with Gasteiger partial charge in [-0.15, -0.1) is 0 Å². The summed E-state index contributed by atoms with van der Waals surface area (Å²) >= 11 is 0. The number of nitrogens with one attached hydrogen (secondary N) is 1. The monoisotopic (exact) mass is 333 g/mol. The fourth-order valence-corrected chi connectivity index (χ4v) is 1.98. The maximum atomic E-state index is 14.1. The van der Waals surface area contributed by atoms with Crippen LogP contribution in [0.25, 0.3) is 5.57 Å². The summed E-state index contributed by atoms with van der Waals surface area (Å²) in [4.78, 5) is 22.5. The van der Waals surface area contributed by atoms with Crippen molar-refractivity contribution >= 4 is 17.4 Å². The number of halogens is 4. The highest BCUT2D eigenvalue weighted by Crippen LogP contribution is 2.35. The highest BCUT2D eigenvalue weighted by Gasteiger charge is 2.34. The Morgan fingerprint density at radius 1 is 1.09 bits per heavy atom. The third kappa shape index (κ3) is 3.04. The fourth-order valence-electron chi connectivity index (χ4n) is 1.98. The van der Waals surface area contributed by atoms with Crippen LogP contribution in [-0.4, -0.2) is 24.7 Å². The van der Waals surface area contributed by atoms with Crippen LogP contribution in [0.2, 0.25) is 0 Å². The van der Waals surface area contributed by atoms with Gasteiger partial charge >= 0.3 is 0 Å². The van der Waals surface area contributed by atoms with Crippen LogP contribution in [0, 0.1) is 23.3 Å². The van der Waals surface area contributed by atoms with Crippen molar-refractivity contribution < 1.29 is 36.6 Å². The van der Waals surface area contributed by atoms with E-state index < -0.39 is 58.3 Å². The minimum absolute atomic E-state index is 0.141. The Labute approximate surface area is 127 Å². The second-order valence-electron chi connectivity index (χ2n) is 4.48. The largest absolute Gasteiger partial charge is 0.459 e. The maximum Gasteiger partial charge on any atom is 0.259 e. The van der Waals surface area contributed by atoms with E-state index in [1.54, 1.807) is 12.2 Å². The Hall–Kier alpha value is -2.42. The van der Waals surface area contributed by atoms with Crippen molar-refractivity contribution in [2.24, 2.45) is 0 Å². The minimum Gasteiger partial charge on any atom is -0.459 e. The van der Waals surface area contributed by atoms with Crippen LogP contribution in [0.4, 0.5) is 17.6 Å². The molecule has 0 aromatic heterocycles. The highest BCUT2D eigenvalue weighted by molar-refractivity contribution is 6.33. The predicted molar refractivity (Wildman–Crippen MR) is 69.1 cm³/mol. The van der Waals surface area contributed by atoms with Crippen LogP contribution >= 0.6 is 0 Å². The lowest BCUT2D eigenvalue weighted by atomic mass is 10.0. The topological polar surface area (TPSA) is 64.6 Å². The van der Waals surface area contributed by atoms with Crippen molar-refractivity contribution in [2.75, 3.05) is 6.61 Å². The number of amides is 2. The molecule has 2 amide bonds. The van der Waals surface area contributed by atoms with E-state index in [1.165, 1.54) is 6.92 Å². The zero-order valence-electron chi connectivity index (χ0n) is 12.0. The van der Waals surface area contributed by atoms with Crippen molar-refractivity contribution in [3.05, 3.63) is 34.9 Å². The molecule has 23 heavy (non-hydrogen) atoms. The fraction of sp³-hybridized carbons (Fsp3) is 0.286. The molecule has 0 saturated heterocycles. The molecule has 5 nitrogen and oxygen atoms in total. The summed E-state index contributed by atoms with van der Waals surface area (Å²) < 4.78 is 65.6. The summed E-state index contributed by atoms with van der Waals surface area (Å²) in [6.45, 7) is 3.00. The number of rotatable bonds is 5. The Balaban J connectivity index is 2.55. The predicted octanol–water partition coefficient (Wildman–Crippen LogP) is 2.04. The molecule has 1 aromatic rings. The third-order valence-electron chi connectivity index (χ3n) is 2.93. The molecule has 0 bridgehead atoms. The summed E-state index contributed by atoms with van der Waals surface area (Å²) in [7, 11) is 0. The number of hydrogen-bond acceptors (Lipinski definition) is 4. The molecule has 1 N–H and O–H groups in total. The first-order valence-electron chi connectivity index (χ1n) is 6.49. The molecule has 2 rings (SSSR count). The lowest BCUT2D eigenvalue weighted by molar-refractivity contribution is -0.123. The molecule has 9 heteroatoms. The van der Waals surface area contributed by atoms with E-state index in [-0.39, 0.29) is 6.61 Å². The molecule has 1 atom stereocenters. The summed E-state index contributed by atoms with van der Waals surface area (Å²) in [6, 6.07) is 0. The van der Waals surface area contributed by atoms with E-state index in [4.69, 9.17) is 9.47 Å². The van der Waals surface area contributed by atoms with Gasteiger partial charge in [0.1, 0.15) is 0 Å². The van der Waals surface area contributed by atoms with Crippen LogP contribution in [0.1, 0.15) is 19.4 Å². The number of ether oxygens (including phenoxy) is 2. The number of benzene rings is 1. The number of carbonyl (C=O) groups excluding carboxylic acids is 2. The first-order valence-corrected chi connectivity index (χ1v) is 6.49. The average molecular weight is 333 g/mol. The Bertz CT molecular complexity index is 688. The van der Waals surface area contributed by atoms with Gasteiger partial charge in [0.25, 0.3) is 11.8 Å². The molecule has 1 heterocycles. The van der Waals surface area contributed by atoms with E-state index in [9.17, 15) is 27.2 Å². The van der Waals surface area contributed by atoms with Crippen molar-refractivity contribution in [1.82, 2.24) is 5.32 Å². The molecular weight excluding hydrogens is 322 g/mol. The quantitative estimate of drug-likeness (QED) is 0.388. The van der Waals surface area contributed by atoms with E-state index in [1.807, 2.05) is 0 Å². The van der Waals surface area contributed by atoms with Crippen molar-refractivity contribution in [2.45, 2.75) is 20.1 Å². The lowest BCUT2D eigenvalue weighted by Gasteiger charge is -2.17. The molecule has 1 aliphatic rings. The molecule has 0 spiro atoms. The molecule has 0 radical (unpaired) electrons. The zero-order valence-corrected chi connectivity index (χ0v) is 12.0. The number of imide groups is 1. The molecule has 1 aliphatic heterocycles. The Kier molecular flexibility index (Phi) is 4.69. The van der Waals surface area contributed by atoms with Gasteiger partial charge in [0.2, 0.25) is 11.6 Å². The van der Waals surface area contributed by atoms with Gasteiger partial charge in [-0.3, -0.25) is 14.9 Å². The van der Waals surface area contributed by atoms with Gasteiger partial charge in [-0.25, -0.2) is 8.78 Å². The molecule has 0 aliphatic carbocycles. The Morgan fingerprint density at radius 3 is 2.09 bits per heavy atom. The molecule has 0 saturated carbocycles. The van der Waals surface area contributed by atoms with Crippen LogP contribution < -0.4 is 10.1 Å². The van der Waals surface area contributed by atoms with Crippen LogP contribution in [0.5, 0.6) is 5.75 Å². The summed E-state index contributed by atoms with van der Waals surface area (Å²) in [5.41, 5.74) is -2.09. The molecule has 0 fully saturated rings. The number of carbonyl (C=O) groups is 2. The van der Waals surface area contributed by atoms with Crippen LogP contribution in [0.3, 0.4) is 0 Å². The highest BCUT2D eigenvalue weighted by atomic mass is 19.2. The standard InChI is InChI=1S/C14H11F4NO4/c1-3-22-5(2)23-13-11(17)9(15)8(10(16)12(13)18)6-4-7(20)19-14(6)21/h4-5H,3H2,1-2H3,(H,19,20,21). The maximum absolute atomic E-state index is 14.1. The van der Waals surface area contributed by atoms with Gasteiger partial charge in [0, 0.05) is 12.7 Å². The van der Waals surface area contributed by atoms with Crippen molar-refractivity contribution in [1.29, 1.82) is 0 Å². The second-order valence-corrected chi connectivity index (χ2v) is 4.48. The summed E-state index contributed by atoms with van der Waals surface area (Å²) in [6.07, 6.45) is -0.615. The van der Waals surface area contributed by atoms with E-state index >= 15 is 0 Å². The minimum atomic E-state index is -1.85. The van der Waals surface area contributed by atoms with Gasteiger partial charge in [-0.1, -0.05) is 0 Å². The van der Waals surface area contributed by atoms with Gasteiger partial charge in [0.15, 0.2) is 23.7 Å². The van der Waals surface area contributed by atoms with Gasteiger partial charge in [0.05, 0.1) is 11.1 Å². The van der Waals surface area contributed by atoms with E-state index in [0.29, 0.717) is 6.08 Å². The summed E-state index contributed by atoms with van der Waals surface area (Å²) in [5, 5.41) is 1.72. The number of hydrogen-bond donors (Lipinski definition) is 1. The summed E-state index contributed by atoms with van der Waals surface area (Å²) in [5.74, 6) is -10.8. The molecule has 1 aromatic carbocycles. The SMILES string of the molecule is CCOC(C)Oc1c(F)c(F)c(C2=CC(=O)NC2=O)c(F)c1F. The molecule has 1 unspecified atom stereocenters. The third-order valence-corrected chi connectivity index (χ3v) is 2.93.